The molecular weight excluding hydrogens is 585 g/mol. The second-order valence-corrected chi connectivity index (χ2v) is 11.0. The van der Waals surface area contributed by atoms with Gasteiger partial charge in [-0.25, -0.2) is 4.99 Å². The normalized spacial score (nSPS) is 18.4. The van der Waals surface area contributed by atoms with Crippen LogP contribution in [-0.4, -0.2) is 54.8 Å². The number of aliphatic imine (C=N–C) groups is 2. The summed E-state index contributed by atoms with van der Waals surface area (Å²) in [4.78, 5) is 20.4. The molecule has 41 heavy (non-hydrogen) atoms. The molecule has 2 aliphatic rings. The van der Waals surface area contributed by atoms with Crippen LogP contribution in [0.4, 0.5) is 13.2 Å². The van der Waals surface area contributed by atoms with Gasteiger partial charge in [0.25, 0.3) is 5.97 Å². The lowest BCUT2D eigenvalue weighted by Gasteiger charge is -2.33. The van der Waals surface area contributed by atoms with Gasteiger partial charge in [0.2, 0.25) is 0 Å². The van der Waals surface area contributed by atoms with E-state index in [0.29, 0.717) is 35.1 Å². The minimum atomic E-state index is -5.81. The third-order valence-electron chi connectivity index (χ3n) is 6.14. The summed E-state index contributed by atoms with van der Waals surface area (Å²) in [5.74, 6) is -0.482. The quantitative estimate of drug-likeness (QED) is 0.307. The molecule has 14 heteroatoms. The highest BCUT2D eigenvalue weighted by atomic mass is 35.5. The summed E-state index contributed by atoms with van der Waals surface area (Å²) in [6.45, 7) is 2.24. The van der Waals surface area contributed by atoms with Crippen LogP contribution in [0.25, 0.3) is 11.1 Å². The fraction of sp³-hybridized carbons (Fsp3) is 0.222. The Morgan fingerprint density at radius 1 is 1.05 bits per heavy atom. The lowest BCUT2D eigenvalue weighted by atomic mass is 9.81. The molecule has 0 radical (unpaired) electrons. The van der Waals surface area contributed by atoms with Crippen LogP contribution in [0.1, 0.15) is 24.5 Å². The summed E-state index contributed by atoms with van der Waals surface area (Å²) in [5, 5.41) is 7.99. The summed E-state index contributed by atoms with van der Waals surface area (Å²) in [6.07, 6.45) is 0.778. The zero-order valence-electron chi connectivity index (χ0n) is 21.5. The molecule has 3 N–H and O–H groups in total. The Labute approximate surface area is 238 Å². The fourth-order valence-corrected chi connectivity index (χ4v) is 5.14. The first-order chi connectivity index (χ1) is 19.2. The topological polar surface area (TPSA) is 135 Å². The Kier molecular flexibility index (Phi) is 8.31. The van der Waals surface area contributed by atoms with E-state index < -0.39 is 32.9 Å². The van der Waals surface area contributed by atoms with Crippen molar-refractivity contribution in [1.29, 1.82) is 0 Å². The molecule has 0 saturated heterocycles. The Bertz CT molecular complexity index is 1620. The highest BCUT2D eigenvalue weighted by molar-refractivity contribution is 7.88. The van der Waals surface area contributed by atoms with Gasteiger partial charge in [-0.3, -0.25) is 14.7 Å². The van der Waals surface area contributed by atoms with Crippen LogP contribution in [0, 0.1) is 0 Å². The van der Waals surface area contributed by atoms with Crippen molar-refractivity contribution in [3.8, 4) is 16.9 Å². The molecule has 2 aliphatic heterocycles. The molecule has 0 aromatic heterocycles. The molecule has 1 unspecified atom stereocenters. The Hall–Kier alpha value is -4.10. The van der Waals surface area contributed by atoms with Crippen LogP contribution in [0.15, 0.2) is 82.8 Å². The van der Waals surface area contributed by atoms with Crippen molar-refractivity contribution in [1.82, 2.24) is 4.90 Å². The molecule has 3 aromatic rings. The molecule has 0 spiro atoms. The number of carboxylic acid groups (broad SMARTS) is 1. The third-order valence-corrected chi connectivity index (χ3v) is 7.35. The number of hydrogen-bond donors (Lipinski definition) is 2. The van der Waals surface area contributed by atoms with Gasteiger partial charge in [-0.2, -0.15) is 21.6 Å². The molecule has 0 saturated carbocycles. The summed E-state index contributed by atoms with van der Waals surface area (Å²) in [5.41, 5.74) is 2.54. The number of fused-ring (bicyclic) bond motifs is 1. The van der Waals surface area contributed by atoms with Gasteiger partial charge in [-0.05, 0) is 59.0 Å². The maximum atomic E-state index is 12.8. The first kappa shape index (κ1) is 29.9. The van der Waals surface area contributed by atoms with E-state index in [2.05, 4.69) is 4.18 Å². The van der Waals surface area contributed by atoms with Gasteiger partial charge in [0.1, 0.15) is 11.6 Å². The predicted molar refractivity (Wildman–Crippen MR) is 148 cm³/mol. The summed E-state index contributed by atoms with van der Waals surface area (Å²) >= 11 is 6.19. The highest BCUT2D eigenvalue weighted by Gasteiger charge is 2.50. The number of hydrogen-bond acceptors (Lipinski definition) is 8. The largest absolute Gasteiger partial charge is 0.534 e. The van der Waals surface area contributed by atoms with E-state index in [1.165, 1.54) is 12.1 Å². The second kappa shape index (κ2) is 11.4. The molecular formula is C27H24ClF3N4O5S. The average molecular weight is 609 g/mol. The SMILES string of the molecule is CC(=O)O.NC1=NC(c2ccc(OS(=O)(=O)C(F)(F)F)cc2)(c2cccc(-c3cccc(Cl)c3)c2)C2=NCCCN12. The molecule has 5 rings (SSSR count). The van der Waals surface area contributed by atoms with E-state index in [1.54, 1.807) is 6.07 Å². The predicted octanol–water partition coefficient (Wildman–Crippen LogP) is 5.00. The minimum absolute atomic E-state index is 0.256. The molecule has 1 atom stereocenters. The smallest absolute Gasteiger partial charge is 0.481 e. The van der Waals surface area contributed by atoms with Gasteiger partial charge in [0.05, 0.1) is 0 Å². The van der Waals surface area contributed by atoms with Gasteiger partial charge < -0.3 is 15.0 Å². The van der Waals surface area contributed by atoms with Crippen molar-refractivity contribution < 1.29 is 35.7 Å². The number of benzene rings is 3. The number of alkyl halides is 3. The molecule has 9 nitrogen and oxygen atoms in total. The molecule has 0 aliphatic carbocycles. The van der Waals surface area contributed by atoms with E-state index in [1.807, 2.05) is 47.4 Å². The zero-order chi connectivity index (χ0) is 30.0. The Morgan fingerprint density at radius 3 is 2.27 bits per heavy atom. The van der Waals surface area contributed by atoms with Crippen LogP contribution in [0.2, 0.25) is 5.02 Å². The van der Waals surface area contributed by atoms with Crippen LogP contribution >= 0.6 is 11.6 Å². The monoisotopic (exact) mass is 608 g/mol. The first-order valence-electron chi connectivity index (χ1n) is 12.1. The van der Waals surface area contributed by atoms with E-state index in [9.17, 15) is 21.6 Å². The number of rotatable bonds is 5. The van der Waals surface area contributed by atoms with Gasteiger partial charge in [0, 0.05) is 25.0 Å². The third kappa shape index (κ3) is 6.15. The summed E-state index contributed by atoms with van der Waals surface area (Å²) in [6, 6.07) is 20.2. The van der Waals surface area contributed by atoms with Gasteiger partial charge in [0.15, 0.2) is 11.5 Å². The number of amidine groups is 1. The van der Waals surface area contributed by atoms with Gasteiger partial charge in [-0.15, -0.1) is 0 Å². The minimum Gasteiger partial charge on any atom is -0.481 e. The Morgan fingerprint density at radius 2 is 1.66 bits per heavy atom. The maximum Gasteiger partial charge on any atom is 0.534 e. The van der Waals surface area contributed by atoms with Crippen LogP contribution in [-0.2, 0) is 20.5 Å². The molecule has 3 aromatic carbocycles. The van der Waals surface area contributed by atoms with Gasteiger partial charge >= 0.3 is 15.6 Å². The van der Waals surface area contributed by atoms with Gasteiger partial charge in [-0.1, -0.05) is 54.1 Å². The fourth-order valence-electron chi connectivity index (χ4n) is 4.49. The van der Waals surface area contributed by atoms with Crippen molar-refractivity contribution in [3.05, 3.63) is 88.9 Å². The summed E-state index contributed by atoms with van der Waals surface area (Å²) < 4.78 is 65.5. The van der Waals surface area contributed by atoms with Crippen molar-refractivity contribution in [3.63, 3.8) is 0 Å². The van der Waals surface area contributed by atoms with Crippen molar-refractivity contribution in [2.24, 2.45) is 15.7 Å². The lowest BCUT2D eigenvalue weighted by molar-refractivity contribution is -0.134. The van der Waals surface area contributed by atoms with Crippen molar-refractivity contribution in [2.45, 2.75) is 24.4 Å². The molecule has 0 fully saturated rings. The number of carboxylic acids is 1. The molecule has 0 bridgehead atoms. The highest BCUT2D eigenvalue weighted by Crippen LogP contribution is 2.43. The van der Waals surface area contributed by atoms with Crippen LogP contribution in [0.5, 0.6) is 5.75 Å². The molecule has 0 amide bonds. The number of halogens is 4. The van der Waals surface area contributed by atoms with E-state index in [4.69, 9.17) is 37.2 Å². The lowest BCUT2D eigenvalue weighted by Crippen LogP contribution is -2.46. The number of nitrogens with two attached hydrogens (primary N) is 1. The van der Waals surface area contributed by atoms with Crippen molar-refractivity contribution >= 4 is 39.5 Å². The average Bonchev–Trinajstić information content (AvgIpc) is 3.21. The van der Waals surface area contributed by atoms with E-state index >= 15 is 0 Å². The second-order valence-electron chi connectivity index (χ2n) is 9.01. The first-order valence-corrected chi connectivity index (χ1v) is 13.9. The van der Waals surface area contributed by atoms with E-state index in [-0.39, 0.29) is 5.96 Å². The molecule has 216 valence electrons. The number of guanidine groups is 1. The Balaban J connectivity index is 0.000000909. The number of aliphatic carboxylic acids is 1. The maximum absolute atomic E-state index is 12.8. The summed E-state index contributed by atoms with van der Waals surface area (Å²) in [7, 11) is -5.81. The number of nitrogens with zero attached hydrogens (tertiary/aromatic N) is 3. The van der Waals surface area contributed by atoms with Crippen LogP contribution in [0.3, 0.4) is 0 Å². The molecule has 2 heterocycles. The number of carbonyl (C=O) groups is 1. The standard InChI is InChI=1S/C25H20ClF3N4O3S.C2H4O2/c26-20-7-2-5-17(15-20)16-4-1-6-19(14-16)24(22-31-12-3-13-33(22)23(30)32-24)18-8-10-21(11-9-18)36-37(34,35)25(27,28)29;1-2(3)4/h1-2,4-11,14-15H,3,12-13H2,(H2,30,32);1H3,(H,3,4). The van der Waals surface area contributed by atoms with E-state index in [0.717, 1.165) is 36.6 Å². The zero-order valence-corrected chi connectivity index (χ0v) is 23.0. The van der Waals surface area contributed by atoms with Crippen molar-refractivity contribution in [2.75, 3.05) is 13.1 Å². The van der Waals surface area contributed by atoms with Crippen LogP contribution < -0.4 is 9.92 Å².